The highest BCUT2D eigenvalue weighted by Gasteiger charge is 2.12. The summed E-state index contributed by atoms with van der Waals surface area (Å²) in [6.07, 6.45) is 9.78. The molecule has 0 saturated heterocycles. The van der Waals surface area contributed by atoms with E-state index in [0.717, 1.165) is 47.3 Å². The maximum absolute atomic E-state index is 12.1. The highest BCUT2D eigenvalue weighted by molar-refractivity contribution is 5.82. The SMILES string of the molecule is COc1cc(C)c(O)c(C/C=C(\C)C[C@@H](O)/C=C(\C)CCC[C@@H](C)C(=O)CC=C(C)C)c1. The standard InChI is InChI=1S/C28H42O4/c1-19(2)11-14-27(30)22(5)10-8-9-20(3)15-25(29)16-21(4)12-13-24-18-26(32-7)17-23(6)28(24)31/h11-12,15,17-18,22,25,29,31H,8-10,13-14,16H2,1-7H3/b20-15+,21-12+/t22-,25+/m1/s1. The van der Waals surface area contributed by atoms with Crippen molar-refractivity contribution in [3.8, 4) is 11.5 Å². The van der Waals surface area contributed by atoms with E-state index in [2.05, 4.69) is 0 Å². The molecule has 0 spiro atoms. The molecular weight excluding hydrogens is 400 g/mol. The maximum Gasteiger partial charge on any atom is 0.139 e. The van der Waals surface area contributed by atoms with Gasteiger partial charge in [-0.2, -0.15) is 0 Å². The number of phenols is 1. The van der Waals surface area contributed by atoms with E-state index >= 15 is 0 Å². The number of aliphatic hydroxyl groups is 1. The maximum atomic E-state index is 12.1. The number of allylic oxidation sites excluding steroid dienone is 4. The van der Waals surface area contributed by atoms with Gasteiger partial charge in [0.15, 0.2) is 0 Å². The Labute approximate surface area is 194 Å². The lowest BCUT2D eigenvalue weighted by Gasteiger charge is -2.12. The molecule has 0 radical (unpaired) electrons. The predicted molar refractivity (Wildman–Crippen MR) is 133 cm³/mol. The molecule has 0 saturated carbocycles. The molecule has 0 amide bonds. The summed E-state index contributed by atoms with van der Waals surface area (Å²) < 4.78 is 5.29. The highest BCUT2D eigenvalue weighted by Crippen LogP contribution is 2.28. The van der Waals surface area contributed by atoms with Gasteiger partial charge in [0, 0.05) is 17.9 Å². The Morgan fingerprint density at radius 1 is 1.12 bits per heavy atom. The van der Waals surface area contributed by atoms with Crippen LogP contribution in [0.25, 0.3) is 0 Å². The van der Waals surface area contributed by atoms with Crippen LogP contribution in [-0.2, 0) is 11.2 Å². The van der Waals surface area contributed by atoms with Crippen molar-refractivity contribution in [2.45, 2.75) is 86.2 Å². The first-order valence-electron chi connectivity index (χ1n) is 11.6. The molecule has 2 atom stereocenters. The Balaban J connectivity index is 2.52. The average molecular weight is 443 g/mol. The molecule has 0 unspecified atom stereocenters. The number of aliphatic hydroxyl groups excluding tert-OH is 1. The normalized spacial score (nSPS) is 14.1. The third kappa shape index (κ3) is 10.3. The van der Waals surface area contributed by atoms with Crippen molar-refractivity contribution >= 4 is 5.78 Å². The van der Waals surface area contributed by atoms with Gasteiger partial charge < -0.3 is 14.9 Å². The summed E-state index contributed by atoms with van der Waals surface area (Å²) in [5, 5.41) is 20.7. The fraction of sp³-hybridized carbons (Fsp3) is 0.536. The fourth-order valence-corrected chi connectivity index (χ4v) is 3.61. The molecule has 0 aliphatic carbocycles. The van der Waals surface area contributed by atoms with Gasteiger partial charge in [0.05, 0.1) is 13.2 Å². The first kappa shape index (κ1) is 27.7. The summed E-state index contributed by atoms with van der Waals surface area (Å²) in [5.41, 5.74) is 5.00. The quantitative estimate of drug-likeness (QED) is 0.337. The van der Waals surface area contributed by atoms with E-state index in [1.54, 1.807) is 7.11 Å². The largest absolute Gasteiger partial charge is 0.507 e. The number of aromatic hydroxyl groups is 1. The van der Waals surface area contributed by atoms with Crippen molar-refractivity contribution in [3.63, 3.8) is 0 Å². The Kier molecular flexibility index (Phi) is 12.1. The Bertz CT molecular complexity index is 841. The zero-order valence-corrected chi connectivity index (χ0v) is 21.0. The highest BCUT2D eigenvalue weighted by atomic mass is 16.5. The summed E-state index contributed by atoms with van der Waals surface area (Å²) in [6.45, 7) is 11.9. The molecule has 1 aromatic rings. The lowest BCUT2D eigenvalue weighted by molar-refractivity contribution is -0.121. The number of aryl methyl sites for hydroxylation is 1. The lowest BCUT2D eigenvalue weighted by Crippen LogP contribution is -2.10. The van der Waals surface area contributed by atoms with Gasteiger partial charge in [-0.1, -0.05) is 41.9 Å². The molecule has 1 rings (SSSR count). The van der Waals surface area contributed by atoms with Crippen LogP contribution in [-0.4, -0.2) is 29.2 Å². The molecule has 0 bridgehead atoms. The van der Waals surface area contributed by atoms with E-state index in [9.17, 15) is 15.0 Å². The smallest absolute Gasteiger partial charge is 0.139 e. The summed E-state index contributed by atoms with van der Waals surface area (Å²) in [6, 6.07) is 3.66. The van der Waals surface area contributed by atoms with Gasteiger partial charge in [-0.3, -0.25) is 4.79 Å². The lowest BCUT2D eigenvalue weighted by atomic mass is 9.95. The van der Waals surface area contributed by atoms with Gasteiger partial charge in [0.1, 0.15) is 17.3 Å². The molecule has 0 aromatic heterocycles. The van der Waals surface area contributed by atoms with E-state index in [0.29, 0.717) is 30.8 Å². The number of methoxy groups -OCH3 is 1. The van der Waals surface area contributed by atoms with Crippen LogP contribution in [0.2, 0.25) is 0 Å². The molecule has 0 heterocycles. The van der Waals surface area contributed by atoms with Crippen LogP contribution >= 0.6 is 0 Å². The minimum atomic E-state index is -0.538. The number of hydrogen-bond acceptors (Lipinski definition) is 4. The zero-order valence-electron chi connectivity index (χ0n) is 21.0. The number of hydrogen-bond donors (Lipinski definition) is 2. The second kappa shape index (κ2) is 13.9. The molecule has 2 N–H and O–H groups in total. The van der Waals surface area contributed by atoms with Crippen LogP contribution in [0.15, 0.2) is 47.1 Å². The Hall–Kier alpha value is -2.33. The van der Waals surface area contributed by atoms with Crippen molar-refractivity contribution in [1.82, 2.24) is 0 Å². The van der Waals surface area contributed by atoms with Crippen molar-refractivity contribution in [2.75, 3.05) is 7.11 Å². The number of rotatable bonds is 13. The topological polar surface area (TPSA) is 66.8 Å². The zero-order chi connectivity index (χ0) is 24.3. The monoisotopic (exact) mass is 442 g/mol. The van der Waals surface area contributed by atoms with Crippen molar-refractivity contribution < 1.29 is 19.7 Å². The van der Waals surface area contributed by atoms with Crippen molar-refractivity contribution in [2.24, 2.45) is 5.92 Å². The molecule has 0 aliphatic rings. The molecule has 1 aromatic carbocycles. The Morgan fingerprint density at radius 3 is 2.44 bits per heavy atom. The van der Waals surface area contributed by atoms with Crippen LogP contribution in [0.4, 0.5) is 0 Å². The van der Waals surface area contributed by atoms with Gasteiger partial charge >= 0.3 is 0 Å². The Morgan fingerprint density at radius 2 is 1.81 bits per heavy atom. The van der Waals surface area contributed by atoms with Crippen molar-refractivity contribution in [1.29, 1.82) is 0 Å². The van der Waals surface area contributed by atoms with Crippen LogP contribution in [0.5, 0.6) is 11.5 Å². The van der Waals surface area contributed by atoms with Crippen molar-refractivity contribution in [3.05, 3.63) is 58.2 Å². The van der Waals surface area contributed by atoms with E-state index < -0.39 is 6.10 Å². The number of ether oxygens (including phenoxy) is 1. The number of carbonyl (C=O) groups is 1. The molecule has 4 nitrogen and oxygen atoms in total. The molecular formula is C28H42O4. The van der Waals surface area contributed by atoms with Crippen LogP contribution < -0.4 is 4.74 Å². The molecule has 0 aliphatic heterocycles. The number of ketones is 1. The first-order chi connectivity index (χ1) is 15.0. The van der Waals surface area contributed by atoms with Gasteiger partial charge in [0.25, 0.3) is 0 Å². The third-order valence-electron chi connectivity index (χ3n) is 5.74. The fourth-order valence-electron chi connectivity index (χ4n) is 3.61. The molecule has 0 fully saturated rings. The van der Waals surface area contributed by atoms with Crippen LogP contribution in [0.3, 0.4) is 0 Å². The minimum Gasteiger partial charge on any atom is -0.507 e. The van der Waals surface area contributed by atoms with E-state index in [-0.39, 0.29) is 5.92 Å². The van der Waals surface area contributed by atoms with Gasteiger partial charge in [-0.15, -0.1) is 0 Å². The van der Waals surface area contributed by atoms with Gasteiger partial charge in [-0.05, 0) is 84.4 Å². The number of carbonyl (C=O) groups excluding carboxylic acids is 1. The number of benzene rings is 1. The molecule has 178 valence electrons. The van der Waals surface area contributed by atoms with E-state index in [1.165, 1.54) is 5.57 Å². The number of phenolic OH excluding ortho intramolecular Hbond substituents is 1. The second-order valence-electron chi connectivity index (χ2n) is 9.24. The second-order valence-corrected chi connectivity index (χ2v) is 9.24. The minimum absolute atomic E-state index is 0.0742. The van der Waals surface area contributed by atoms with Crippen LogP contribution in [0, 0.1) is 12.8 Å². The molecule has 4 heteroatoms. The summed E-state index contributed by atoms with van der Waals surface area (Å²) in [7, 11) is 1.62. The predicted octanol–water partition coefficient (Wildman–Crippen LogP) is 6.63. The first-order valence-corrected chi connectivity index (χ1v) is 11.6. The van der Waals surface area contributed by atoms with E-state index in [1.807, 2.05) is 71.9 Å². The average Bonchev–Trinajstić information content (AvgIpc) is 2.72. The summed E-state index contributed by atoms with van der Waals surface area (Å²) in [5.74, 6) is 1.39. The van der Waals surface area contributed by atoms with Crippen LogP contribution in [0.1, 0.15) is 77.8 Å². The van der Waals surface area contributed by atoms with E-state index in [4.69, 9.17) is 4.74 Å². The van der Waals surface area contributed by atoms with Gasteiger partial charge in [0.2, 0.25) is 0 Å². The number of Topliss-reactive ketones (excluding diaryl/α,β-unsaturated/α-hetero) is 1. The van der Waals surface area contributed by atoms with Gasteiger partial charge in [-0.25, -0.2) is 0 Å². The summed E-state index contributed by atoms with van der Waals surface area (Å²) in [4.78, 5) is 12.1. The molecule has 32 heavy (non-hydrogen) atoms. The summed E-state index contributed by atoms with van der Waals surface area (Å²) >= 11 is 0. The third-order valence-corrected chi connectivity index (χ3v) is 5.74.